The van der Waals surface area contributed by atoms with Gasteiger partial charge in [-0.2, -0.15) is 8.78 Å². The molecule has 8 heteroatoms. The molecule has 0 saturated heterocycles. The third kappa shape index (κ3) is 5.65. The van der Waals surface area contributed by atoms with Crippen molar-refractivity contribution >= 4 is 5.96 Å². The lowest BCUT2D eigenvalue weighted by Gasteiger charge is -2.14. The molecule has 0 fully saturated rings. The molecule has 0 aliphatic heterocycles. The van der Waals surface area contributed by atoms with Crippen molar-refractivity contribution in [3.63, 3.8) is 0 Å². The first kappa shape index (κ1) is 19.6. The summed E-state index contributed by atoms with van der Waals surface area (Å²) in [5.74, 6) is -0.770. The number of nitrogens with zero attached hydrogens (tertiary/aromatic N) is 1. The third-order valence-electron chi connectivity index (χ3n) is 3.59. The van der Waals surface area contributed by atoms with Gasteiger partial charge in [-0.05, 0) is 24.6 Å². The van der Waals surface area contributed by atoms with E-state index in [1.165, 1.54) is 31.3 Å². The molecule has 140 valence electrons. The summed E-state index contributed by atoms with van der Waals surface area (Å²) < 4.78 is 56.5. The molecule has 0 radical (unpaired) electrons. The molecule has 0 saturated carbocycles. The van der Waals surface area contributed by atoms with E-state index in [1.807, 2.05) is 0 Å². The summed E-state index contributed by atoms with van der Waals surface area (Å²) in [5.41, 5.74) is 0.516. The number of hydrogen-bond acceptors (Lipinski definition) is 2. The van der Waals surface area contributed by atoms with Crippen molar-refractivity contribution in [2.75, 3.05) is 13.6 Å². The summed E-state index contributed by atoms with van der Waals surface area (Å²) in [4.78, 5) is 3.99. The van der Waals surface area contributed by atoms with Crippen LogP contribution in [0.25, 0.3) is 0 Å². The van der Waals surface area contributed by atoms with Crippen LogP contribution in [0.3, 0.4) is 0 Å². The number of para-hydroxylation sites is 1. The van der Waals surface area contributed by atoms with Gasteiger partial charge in [0.25, 0.3) is 0 Å². The van der Waals surface area contributed by atoms with Crippen LogP contribution in [-0.4, -0.2) is 26.2 Å². The largest absolute Gasteiger partial charge is 0.434 e. The molecule has 0 heterocycles. The number of rotatable bonds is 7. The Kier molecular flexibility index (Phi) is 7.25. The molecule has 0 aliphatic carbocycles. The predicted molar refractivity (Wildman–Crippen MR) is 91.3 cm³/mol. The average Bonchev–Trinajstić information content (AvgIpc) is 2.61. The second-order valence-corrected chi connectivity index (χ2v) is 5.29. The molecule has 0 spiro atoms. The quantitative estimate of drug-likeness (QED) is 0.446. The Morgan fingerprint density at radius 3 is 2.38 bits per heavy atom. The molecule has 0 amide bonds. The van der Waals surface area contributed by atoms with Crippen LogP contribution in [0.4, 0.5) is 17.6 Å². The van der Waals surface area contributed by atoms with Crippen LogP contribution in [0, 0.1) is 11.6 Å². The maximum atomic E-state index is 13.6. The molecule has 4 nitrogen and oxygen atoms in total. The molecule has 0 atom stereocenters. The lowest BCUT2D eigenvalue weighted by molar-refractivity contribution is -0.0504. The van der Waals surface area contributed by atoms with Crippen molar-refractivity contribution in [2.24, 2.45) is 4.99 Å². The van der Waals surface area contributed by atoms with Gasteiger partial charge in [0.1, 0.15) is 17.4 Å². The van der Waals surface area contributed by atoms with E-state index in [9.17, 15) is 17.6 Å². The third-order valence-corrected chi connectivity index (χ3v) is 3.59. The van der Waals surface area contributed by atoms with Crippen LogP contribution < -0.4 is 15.4 Å². The summed E-state index contributed by atoms with van der Waals surface area (Å²) in [5, 5.41) is 5.86. The van der Waals surface area contributed by atoms with E-state index in [0.717, 1.165) is 0 Å². The standard InChI is InChI=1S/C18H19F4N3O/c1-23-18(24-10-9-13-14(19)6-4-7-15(13)20)25-11-12-5-2-3-8-16(12)26-17(21)22/h2-8,17H,9-11H2,1H3,(H2,23,24,25). The number of ether oxygens (including phenoxy) is 1. The minimum atomic E-state index is -2.91. The molecule has 0 aliphatic rings. The summed E-state index contributed by atoms with van der Waals surface area (Å²) in [6, 6.07) is 10.1. The summed E-state index contributed by atoms with van der Waals surface area (Å²) >= 11 is 0. The zero-order chi connectivity index (χ0) is 18.9. The van der Waals surface area contributed by atoms with Crippen LogP contribution in [0.1, 0.15) is 11.1 Å². The van der Waals surface area contributed by atoms with Gasteiger partial charge in [-0.15, -0.1) is 0 Å². The molecule has 2 rings (SSSR count). The van der Waals surface area contributed by atoms with Gasteiger partial charge in [0.2, 0.25) is 0 Å². The van der Waals surface area contributed by atoms with E-state index in [0.29, 0.717) is 11.5 Å². The van der Waals surface area contributed by atoms with Crippen molar-refractivity contribution < 1.29 is 22.3 Å². The van der Waals surface area contributed by atoms with E-state index in [2.05, 4.69) is 20.4 Å². The second kappa shape index (κ2) is 9.65. The van der Waals surface area contributed by atoms with Crippen LogP contribution in [0.2, 0.25) is 0 Å². The molecule has 2 aromatic carbocycles. The highest BCUT2D eigenvalue weighted by atomic mass is 19.3. The van der Waals surface area contributed by atoms with Crippen molar-refractivity contribution in [1.82, 2.24) is 10.6 Å². The molecule has 0 aromatic heterocycles. The van der Waals surface area contributed by atoms with Gasteiger partial charge in [-0.1, -0.05) is 24.3 Å². The Balaban J connectivity index is 1.89. The number of benzene rings is 2. The van der Waals surface area contributed by atoms with Gasteiger partial charge < -0.3 is 15.4 Å². The second-order valence-electron chi connectivity index (χ2n) is 5.29. The molecule has 2 N–H and O–H groups in total. The van der Waals surface area contributed by atoms with Gasteiger partial charge in [0.05, 0.1) is 0 Å². The van der Waals surface area contributed by atoms with Crippen molar-refractivity contribution in [3.8, 4) is 5.75 Å². The molecule has 0 unspecified atom stereocenters. The summed E-state index contributed by atoms with van der Waals surface area (Å²) in [7, 11) is 1.53. The fraction of sp³-hybridized carbons (Fsp3) is 0.278. The first-order valence-corrected chi connectivity index (χ1v) is 7.91. The Hall–Kier alpha value is -2.77. The molecule has 2 aromatic rings. The van der Waals surface area contributed by atoms with E-state index in [1.54, 1.807) is 18.2 Å². The maximum Gasteiger partial charge on any atom is 0.387 e. The Morgan fingerprint density at radius 2 is 1.73 bits per heavy atom. The van der Waals surface area contributed by atoms with E-state index >= 15 is 0 Å². The zero-order valence-corrected chi connectivity index (χ0v) is 14.1. The van der Waals surface area contributed by atoms with Gasteiger partial charge >= 0.3 is 6.61 Å². The first-order chi connectivity index (χ1) is 12.5. The molecular weight excluding hydrogens is 350 g/mol. The van der Waals surface area contributed by atoms with E-state index in [-0.39, 0.29) is 30.8 Å². The number of halogens is 4. The summed E-state index contributed by atoms with van der Waals surface area (Å²) in [6.45, 7) is -2.48. The van der Waals surface area contributed by atoms with E-state index in [4.69, 9.17) is 0 Å². The van der Waals surface area contributed by atoms with Crippen LogP contribution >= 0.6 is 0 Å². The fourth-order valence-corrected chi connectivity index (χ4v) is 2.34. The highest BCUT2D eigenvalue weighted by Gasteiger charge is 2.10. The SMILES string of the molecule is CN=C(NCCc1c(F)cccc1F)NCc1ccccc1OC(F)F. The highest BCUT2D eigenvalue weighted by Crippen LogP contribution is 2.19. The molecule has 0 bridgehead atoms. The van der Waals surface area contributed by atoms with Gasteiger partial charge in [0.15, 0.2) is 5.96 Å². The maximum absolute atomic E-state index is 13.6. The number of aliphatic imine (C=N–C) groups is 1. The number of guanidine groups is 1. The average molecular weight is 369 g/mol. The minimum Gasteiger partial charge on any atom is -0.434 e. The Morgan fingerprint density at radius 1 is 1.04 bits per heavy atom. The number of hydrogen-bond donors (Lipinski definition) is 2. The monoisotopic (exact) mass is 369 g/mol. The number of alkyl halides is 2. The normalized spacial score (nSPS) is 11.5. The first-order valence-electron chi connectivity index (χ1n) is 7.91. The zero-order valence-electron chi connectivity index (χ0n) is 14.1. The van der Waals surface area contributed by atoms with Crippen LogP contribution in [0.15, 0.2) is 47.5 Å². The lowest BCUT2D eigenvalue weighted by Crippen LogP contribution is -2.38. The van der Waals surface area contributed by atoms with Gasteiger partial charge in [0, 0.05) is 31.3 Å². The van der Waals surface area contributed by atoms with Crippen molar-refractivity contribution in [1.29, 1.82) is 0 Å². The lowest BCUT2D eigenvalue weighted by atomic mass is 10.1. The summed E-state index contributed by atoms with van der Waals surface area (Å²) in [6.07, 6.45) is 0.129. The number of nitrogens with one attached hydrogen (secondary N) is 2. The molecular formula is C18H19F4N3O. The Labute approximate surface area is 148 Å². The Bertz CT molecular complexity index is 733. The van der Waals surface area contributed by atoms with E-state index < -0.39 is 18.2 Å². The highest BCUT2D eigenvalue weighted by molar-refractivity contribution is 5.79. The van der Waals surface area contributed by atoms with Crippen LogP contribution in [-0.2, 0) is 13.0 Å². The predicted octanol–water partition coefficient (Wildman–Crippen LogP) is 3.47. The van der Waals surface area contributed by atoms with Crippen LogP contribution in [0.5, 0.6) is 5.75 Å². The van der Waals surface area contributed by atoms with Crippen molar-refractivity contribution in [3.05, 3.63) is 65.2 Å². The van der Waals surface area contributed by atoms with Gasteiger partial charge in [-0.25, -0.2) is 8.78 Å². The fourth-order valence-electron chi connectivity index (χ4n) is 2.34. The topological polar surface area (TPSA) is 45.7 Å². The van der Waals surface area contributed by atoms with Gasteiger partial charge in [-0.3, -0.25) is 4.99 Å². The van der Waals surface area contributed by atoms with Crippen molar-refractivity contribution in [2.45, 2.75) is 19.6 Å². The molecule has 26 heavy (non-hydrogen) atoms. The minimum absolute atomic E-state index is 0.00821. The smallest absolute Gasteiger partial charge is 0.387 e.